The Kier molecular flexibility index (Phi) is 4.46. The topological polar surface area (TPSA) is 54.1 Å². The minimum Gasteiger partial charge on any atom is -0.434 e. The van der Waals surface area contributed by atoms with Crippen LogP contribution in [0.3, 0.4) is 0 Å². The summed E-state index contributed by atoms with van der Waals surface area (Å²) in [5.74, 6) is -0.254. The molecule has 0 saturated carbocycles. The number of aromatic amines is 1. The molecule has 24 heavy (non-hydrogen) atoms. The minimum absolute atomic E-state index is 0.0556. The van der Waals surface area contributed by atoms with E-state index in [1.165, 1.54) is 6.07 Å². The minimum atomic E-state index is -2.90. The van der Waals surface area contributed by atoms with Gasteiger partial charge in [0.05, 0.1) is 0 Å². The number of H-pyrrole nitrogens is 1. The van der Waals surface area contributed by atoms with E-state index in [-0.39, 0.29) is 18.2 Å². The zero-order valence-corrected chi connectivity index (χ0v) is 13.0. The molecule has 0 aliphatic heterocycles. The maximum absolute atomic E-state index is 12.4. The van der Waals surface area contributed by atoms with Crippen LogP contribution in [0.2, 0.25) is 0 Å². The first kappa shape index (κ1) is 16.0. The second-order valence-corrected chi connectivity index (χ2v) is 5.44. The third-order valence-corrected chi connectivity index (χ3v) is 3.65. The molecule has 2 aromatic carbocycles. The predicted molar refractivity (Wildman–Crippen MR) is 87.3 cm³/mol. The van der Waals surface area contributed by atoms with Crippen LogP contribution in [0.25, 0.3) is 10.9 Å². The van der Waals surface area contributed by atoms with Gasteiger partial charge in [0.2, 0.25) is 0 Å². The van der Waals surface area contributed by atoms with Crippen molar-refractivity contribution < 1.29 is 18.3 Å². The molecule has 0 radical (unpaired) electrons. The van der Waals surface area contributed by atoms with Crippen LogP contribution in [0.15, 0.2) is 48.5 Å². The normalized spacial score (nSPS) is 11.0. The predicted octanol–water partition coefficient (Wildman–Crippen LogP) is 4.01. The van der Waals surface area contributed by atoms with Crippen molar-refractivity contribution in [3.05, 3.63) is 65.4 Å². The van der Waals surface area contributed by atoms with Gasteiger partial charge in [0, 0.05) is 23.0 Å². The van der Waals surface area contributed by atoms with Crippen LogP contribution in [0.1, 0.15) is 21.6 Å². The van der Waals surface area contributed by atoms with Crippen LogP contribution in [-0.4, -0.2) is 17.5 Å². The molecule has 1 heterocycles. The van der Waals surface area contributed by atoms with Crippen molar-refractivity contribution in [1.82, 2.24) is 10.3 Å². The zero-order valence-electron chi connectivity index (χ0n) is 13.0. The van der Waals surface area contributed by atoms with Crippen LogP contribution in [0.4, 0.5) is 8.78 Å². The van der Waals surface area contributed by atoms with Gasteiger partial charge in [-0.15, -0.1) is 0 Å². The molecular formula is C18H16F2N2O2. The first-order chi connectivity index (χ1) is 11.5. The van der Waals surface area contributed by atoms with Crippen LogP contribution in [0, 0.1) is 6.92 Å². The third-order valence-electron chi connectivity index (χ3n) is 3.65. The summed E-state index contributed by atoms with van der Waals surface area (Å²) < 4.78 is 29.3. The average molecular weight is 330 g/mol. The highest BCUT2D eigenvalue weighted by Crippen LogP contribution is 2.21. The monoisotopic (exact) mass is 330 g/mol. The Labute approximate surface area is 137 Å². The number of hydrogen-bond acceptors (Lipinski definition) is 2. The number of nitrogens with one attached hydrogen (secondary N) is 2. The smallest absolute Gasteiger partial charge is 0.387 e. The molecule has 0 saturated heterocycles. The van der Waals surface area contributed by atoms with Crippen LogP contribution < -0.4 is 10.1 Å². The number of rotatable bonds is 5. The summed E-state index contributed by atoms with van der Waals surface area (Å²) in [7, 11) is 0. The van der Waals surface area contributed by atoms with Crippen LogP contribution >= 0.6 is 0 Å². The number of benzene rings is 2. The van der Waals surface area contributed by atoms with E-state index in [1.807, 2.05) is 25.1 Å². The SMILES string of the molecule is Cc1ccc2[nH]c(C(=O)NCc3ccccc3OC(F)F)cc2c1. The number of ether oxygens (including phenoxy) is 1. The molecule has 1 amide bonds. The highest BCUT2D eigenvalue weighted by Gasteiger charge is 2.12. The Morgan fingerprint density at radius 2 is 2.00 bits per heavy atom. The van der Waals surface area contributed by atoms with Crippen molar-refractivity contribution in [3.8, 4) is 5.75 Å². The lowest BCUT2D eigenvalue weighted by Crippen LogP contribution is -2.23. The van der Waals surface area contributed by atoms with E-state index >= 15 is 0 Å². The quantitative estimate of drug-likeness (QED) is 0.743. The summed E-state index contributed by atoms with van der Waals surface area (Å²) >= 11 is 0. The number of hydrogen-bond donors (Lipinski definition) is 2. The van der Waals surface area contributed by atoms with Gasteiger partial charge in [0.1, 0.15) is 11.4 Å². The van der Waals surface area contributed by atoms with Crippen molar-refractivity contribution in [2.45, 2.75) is 20.1 Å². The summed E-state index contributed by atoms with van der Waals surface area (Å²) in [6.07, 6.45) is 0. The van der Waals surface area contributed by atoms with Gasteiger partial charge in [-0.1, -0.05) is 29.8 Å². The number of aromatic nitrogens is 1. The molecule has 124 valence electrons. The summed E-state index contributed by atoms with van der Waals surface area (Å²) in [4.78, 5) is 15.3. The van der Waals surface area contributed by atoms with Crippen molar-refractivity contribution in [2.75, 3.05) is 0 Å². The van der Waals surface area contributed by atoms with Gasteiger partial charge < -0.3 is 15.0 Å². The molecule has 3 aromatic rings. The molecule has 1 aromatic heterocycles. The van der Waals surface area contributed by atoms with E-state index in [0.29, 0.717) is 11.3 Å². The van der Waals surface area contributed by atoms with E-state index in [9.17, 15) is 13.6 Å². The molecule has 2 N–H and O–H groups in total. The zero-order chi connectivity index (χ0) is 17.1. The standard InChI is InChI=1S/C18H16F2N2O2/c1-11-6-7-14-13(8-11)9-15(22-14)17(23)21-10-12-4-2-3-5-16(12)24-18(19)20/h2-9,18,22H,10H2,1H3,(H,21,23). The lowest BCUT2D eigenvalue weighted by atomic mass is 10.2. The summed E-state index contributed by atoms with van der Waals surface area (Å²) in [5.41, 5.74) is 2.87. The molecule has 0 aliphatic carbocycles. The molecule has 0 atom stereocenters. The van der Waals surface area contributed by atoms with Crippen molar-refractivity contribution in [1.29, 1.82) is 0 Å². The number of carbonyl (C=O) groups is 1. The van der Waals surface area contributed by atoms with E-state index in [2.05, 4.69) is 15.0 Å². The molecule has 0 spiro atoms. The Balaban J connectivity index is 1.73. The van der Waals surface area contributed by atoms with Gasteiger partial charge in [-0.2, -0.15) is 8.78 Å². The lowest BCUT2D eigenvalue weighted by molar-refractivity contribution is -0.0504. The molecule has 0 unspecified atom stereocenters. The number of para-hydroxylation sites is 1. The largest absolute Gasteiger partial charge is 0.434 e. The van der Waals surface area contributed by atoms with E-state index < -0.39 is 6.61 Å². The first-order valence-corrected chi connectivity index (χ1v) is 7.43. The van der Waals surface area contributed by atoms with E-state index in [0.717, 1.165) is 16.5 Å². The molecule has 0 aliphatic rings. The Morgan fingerprint density at radius 3 is 2.79 bits per heavy atom. The Morgan fingerprint density at radius 1 is 1.21 bits per heavy atom. The van der Waals surface area contributed by atoms with Crippen LogP contribution in [0.5, 0.6) is 5.75 Å². The number of amides is 1. The Bertz CT molecular complexity index is 874. The number of aryl methyl sites for hydroxylation is 1. The van der Waals surface area contributed by atoms with Gasteiger partial charge in [-0.05, 0) is 31.2 Å². The number of carbonyl (C=O) groups excluding carboxylic acids is 1. The van der Waals surface area contributed by atoms with Gasteiger partial charge in [-0.3, -0.25) is 4.79 Å². The highest BCUT2D eigenvalue weighted by molar-refractivity contribution is 5.98. The van der Waals surface area contributed by atoms with Gasteiger partial charge in [-0.25, -0.2) is 0 Å². The molecule has 0 fully saturated rings. The van der Waals surface area contributed by atoms with E-state index in [4.69, 9.17) is 0 Å². The second-order valence-electron chi connectivity index (χ2n) is 5.44. The second kappa shape index (κ2) is 6.70. The Hall–Kier alpha value is -2.89. The maximum atomic E-state index is 12.4. The molecule has 6 heteroatoms. The van der Waals surface area contributed by atoms with Gasteiger partial charge in [0.25, 0.3) is 5.91 Å². The average Bonchev–Trinajstić information content (AvgIpc) is 2.96. The number of fused-ring (bicyclic) bond motifs is 1. The van der Waals surface area contributed by atoms with Gasteiger partial charge >= 0.3 is 6.61 Å². The number of alkyl halides is 2. The van der Waals surface area contributed by atoms with Crippen molar-refractivity contribution in [2.24, 2.45) is 0 Å². The number of halogens is 2. The highest BCUT2D eigenvalue weighted by atomic mass is 19.3. The molecule has 3 rings (SSSR count). The fourth-order valence-electron chi connectivity index (χ4n) is 2.51. The maximum Gasteiger partial charge on any atom is 0.387 e. The third kappa shape index (κ3) is 3.53. The van der Waals surface area contributed by atoms with Crippen LogP contribution in [-0.2, 0) is 6.54 Å². The van der Waals surface area contributed by atoms with E-state index in [1.54, 1.807) is 24.3 Å². The fraction of sp³-hybridized carbons (Fsp3) is 0.167. The lowest BCUT2D eigenvalue weighted by Gasteiger charge is -2.11. The van der Waals surface area contributed by atoms with Crippen molar-refractivity contribution >= 4 is 16.8 Å². The molecular weight excluding hydrogens is 314 g/mol. The first-order valence-electron chi connectivity index (χ1n) is 7.43. The summed E-state index contributed by atoms with van der Waals surface area (Å²) in [6, 6.07) is 14.0. The van der Waals surface area contributed by atoms with Crippen molar-refractivity contribution in [3.63, 3.8) is 0 Å². The molecule has 4 nitrogen and oxygen atoms in total. The summed E-state index contributed by atoms with van der Waals surface area (Å²) in [6.45, 7) is -0.832. The molecule has 0 bridgehead atoms. The summed E-state index contributed by atoms with van der Waals surface area (Å²) in [5, 5.41) is 3.66. The van der Waals surface area contributed by atoms with Gasteiger partial charge in [0.15, 0.2) is 0 Å². The fourth-order valence-corrected chi connectivity index (χ4v) is 2.51.